The fourth-order valence-corrected chi connectivity index (χ4v) is 2.54. The molecule has 21 heavy (non-hydrogen) atoms. The maximum Gasteiger partial charge on any atom is 0.417 e. The van der Waals surface area contributed by atoms with Gasteiger partial charge in [0.2, 0.25) is 0 Å². The molecule has 2 rings (SSSR count). The summed E-state index contributed by atoms with van der Waals surface area (Å²) in [6.07, 6.45) is -3.23. The van der Waals surface area contributed by atoms with Gasteiger partial charge in [-0.3, -0.25) is 9.79 Å². The normalized spacial score (nSPS) is 21.7. The average molecular weight is 319 g/mol. The average Bonchev–Trinajstić information content (AvgIpc) is 2.53. The summed E-state index contributed by atoms with van der Waals surface area (Å²) in [5, 5.41) is 2.58. The van der Waals surface area contributed by atoms with Crippen LogP contribution in [0.25, 0.3) is 0 Å². The second kappa shape index (κ2) is 5.67. The third kappa shape index (κ3) is 2.90. The topological polar surface area (TPSA) is 41.5 Å². The predicted molar refractivity (Wildman–Crippen MR) is 75.8 cm³/mol. The molecule has 3 nitrogen and oxygen atoms in total. The van der Waals surface area contributed by atoms with Crippen molar-refractivity contribution in [2.45, 2.75) is 37.9 Å². The summed E-state index contributed by atoms with van der Waals surface area (Å²) in [4.78, 5) is 15.2. The van der Waals surface area contributed by atoms with Gasteiger partial charge in [-0.15, -0.1) is 0 Å². The molecule has 1 aromatic carbocycles. The molecule has 114 valence electrons. The van der Waals surface area contributed by atoms with Gasteiger partial charge in [-0.05, 0) is 24.6 Å². The first-order valence-corrected chi connectivity index (χ1v) is 6.91. The Morgan fingerprint density at radius 3 is 2.71 bits per heavy atom. The van der Waals surface area contributed by atoms with Gasteiger partial charge >= 0.3 is 6.18 Å². The van der Waals surface area contributed by atoms with Gasteiger partial charge in [0.15, 0.2) is 5.54 Å². The minimum Gasteiger partial charge on any atom is -0.321 e. The molecule has 0 radical (unpaired) electrons. The minimum atomic E-state index is -4.62. The lowest BCUT2D eigenvalue weighted by molar-refractivity contribution is -0.190. The molecular formula is C14H14ClF3N2O. The number of hydrogen-bond acceptors (Lipinski definition) is 2. The lowest BCUT2D eigenvalue weighted by atomic mass is 9.83. The van der Waals surface area contributed by atoms with Crippen LogP contribution in [0.15, 0.2) is 23.2 Å². The Labute approximate surface area is 125 Å². The van der Waals surface area contributed by atoms with Crippen molar-refractivity contribution in [2.75, 3.05) is 5.32 Å². The number of halogens is 4. The molecule has 1 aromatic rings. The predicted octanol–water partition coefficient (Wildman–Crippen LogP) is 4.31. The monoisotopic (exact) mass is 318 g/mol. The van der Waals surface area contributed by atoms with Gasteiger partial charge in [0.05, 0.1) is 6.21 Å². The van der Waals surface area contributed by atoms with Gasteiger partial charge in [0, 0.05) is 16.3 Å². The summed E-state index contributed by atoms with van der Waals surface area (Å²) in [5.74, 6) is -0.679. The van der Waals surface area contributed by atoms with Crippen molar-refractivity contribution in [3.05, 3.63) is 28.8 Å². The number of amides is 1. The van der Waals surface area contributed by atoms with Crippen LogP contribution < -0.4 is 5.32 Å². The molecule has 0 fully saturated rings. The summed E-state index contributed by atoms with van der Waals surface area (Å²) < 4.78 is 41.2. The SMILES string of the molecule is CCCCC1(C(F)(F)F)N=CC(=O)Nc2ccc(Cl)cc21. The van der Waals surface area contributed by atoms with Crippen LogP contribution in [0.4, 0.5) is 18.9 Å². The largest absolute Gasteiger partial charge is 0.417 e. The lowest BCUT2D eigenvalue weighted by Crippen LogP contribution is -2.41. The number of carbonyl (C=O) groups is 1. The van der Waals surface area contributed by atoms with Crippen molar-refractivity contribution >= 4 is 29.4 Å². The van der Waals surface area contributed by atoms with Crippen LogP contribution in [0.5, 0.6) is 0 Å². The zero-order valence-corrected chi connectivity index (χ0v) is 12.1. The summed E-state index contributed by atoms with van der Waals surface area (Å²) in [7, 11) is 0. The smallest absolute Gasteiger partial charge is 0.321 e. The molecule has 0 bridgehead atoms. The van der Waals surface area contributed by atoms with E-state index in [0.717, 1.165) is 0 Å². The Hall–Kier alpha value is -1.56. The molecule has 1 unspecified atom stereocenters. The molecule has 1 aliphatic heterocycles. The zero-order valence-electron chi connectivity index (χ0n) is 11.3. The molecule has 1 N–H and O–H groups in total. The van der Waals surface area contributed by atoms with Crippen LogP contribution in [-0.4, -0.2) is 18.3 Å². The number of anilines is 1. The Morgan fingerprint density at radius 1 is 1.38 bits per heavy atom. The van der Waals surface area contributed by atoms with E-state index >= 15 is 0 Å². The minimum absolute atomic E-state index is 0.0929. The van der Waals surface area contributed by atoms with Gasteiger partial charge in [0.1, 0.15) is 0 Å². The Balaban J connectivity index is 2.70. The lowest BCUT2D eigenvalue weighted by Gasteiger charge is -2.33. The van der Waals surface area contributed by atoms with E-state index < -0.39 is 17.6 Å². The van der Waals surface area contributed by atoms with Crippen molar-refractivity contribution in [1.29, 1.82) is 0 Å². The first kappa shape index (κ1) is 15.8. The molecule has 0 saturated carbocycles. The molecule has 1 amide bonds. The maximum atomic E-state index is 13.7. The molecule has 0 spiro atoms. The van der Waals surface area contributed by atoms with E-state index in [4.69, 9.17) is 11.6 Å². The van der Waals surface area contributed by atoms with E-state index in [2.05, 4.69) is 10.3 Å². The third-order valence-electron chi connectivity index (χ3n) is 3.45. The third-order valence-corrected chi connectivity index (χ3v) is 3.68. The second-order valence-electron chi connectivity index (χ2n) is 4.90. The van der Waals surface area contributed by atoms with Crippen LogP contribution in [-0.2, 0) is 10.3 Å². The van der Waals surface area contributed by atoms with Gasteiger partial charge in [0.25, 0.3) is 5.91 Å². The van der Waals surface area contributed by atoms with Crippen LogP contribution in [0, 0.1) is 0 Å². The number of rotatable bonds is 3. The quantitative estimate of drug-likeness (QED) is 0.886. The van der Waals surface area contributed by atoms with E-state index in [1.807, 2.05) is 0 Å². The van der Waals surface area contributed by atoms with Crippen molar-refractivity contribution in [3.63, 3.8) is 0 Å². The molecule has 1 atom stereocenters. The van der Waals surface area contributed by atoms with Crippen molar-refractivity contribution in [2.24, 2.45) is 4.99 Å². The highest BCUT2D eigenvalue weighted by Gasteiger charge is 2.57. The van der Waals surface area contributed by atoms with Crippen LogP contribution in [0.3, 0.4) is 0 Å². The molecule has 1 heterocycles. The fraction of sp³-hybridized carbons (Fsp3) is 0.429. The Kier molecular flexibility index (Phi) is 4.27. The van der Waals surface area contributed by atoms with E-state index in [1.165, 1.54) is 18.2 Å². The highest BCUT2D eigenvalue weighted by atomic mass is 35.5. The Bertz CT molecular complexity index is 586. The zero-order chi connectivity index (χ0) is 15.7. The van der Waals surface area contributed by atoms with E-state index in [1.54, 1.807) is 6.92 Å². The van der Waals surface area contributed by atoms with Crippen LogP contribution >= 0.6 is 11.6 Å². The number of fused-ring (bicyclic) bond motifs is 1. The van der Waals surface area contributed by atoms with E-state index in [-0.39, 0.29) is 22.7 Å². The maximum absolute atomic E-state index is 13.7. The number of aliphatic imine (C=N–C) groups is 1. The van der Waals surface area contributed by atoms with Gasteiger partial charge < -0.3 is 5.32 Å². The summed E-state index contributed by atoms with van der Waals surface area (Å²) >= 11 is 5.85. The van der Waals surface area contributed by atoms with Crippen molar-refractivity contribution < 1.29 is 18.0 Å². The number of nitrogens with one attached hydrogen (secondary N) is 1. The number of unbranched alkanes of at least 4 members (excludes halogenated alkanes) is 1. The first-order valence-electron chi connectivity index (χ1n) is 6.53. The molecule has 1 aliphatic rings. The van der Waals surface area contributed by atoms with Gasteiger partial charge in [-0.25, -0.2) is 0 Å². The highest BCUT2D eigenvalue weighted by Crippen LogP contribution is 2.49. The first-order chi connectivity index (χ1) is 9.80. The molecule has 0 aromatic heterocycles. The van der Waals surface area contributed by atoms with Crippen molar-refractivity contribution in [1.82, 2.24) is 0 Å². The standard InChI is InChI=1S/C14H14ClF3N2O/c1-2-3-6-13(14(16,17)18)10-7-9(15)4-5-11(10)20-12(21)8-19-13/h4-5,7-8H,2-3,6H2,1H3,(H,20,21). The second-order valence-corrected chi connectivity index (χ2v) is 5.34. The van der Waals surface area contributed by atoms with Crippen LogP contribution in [0.1, 0.15) is 31.7 Å². The van der Waals surface area contributed by atoms with E-state index in [0.29, 0.717) is 19.1 Å². The van der Waals surface area contributed by atoms with Gasteiger partial charge in [-0.2, -0.15) is 13.2 Å². The molecule has 0 aliphatic carbocycles. The summed E-state index contributed by atoms with van der Waals surface area (Å²) in [5.41, 5.74) is -2.46. The highest BCUT2D eigenvalue weighted by molar-refractivity contribution is 6.33. The molecule has 0 saturated heterocycles. The molecular weight excluding hydrogens is 305 g/mol. The number of carbonyl (C=O) groups excluding carboxylic acids is 1. The molecule has 7 heteroatoms. The van der Waals surface area contributed by atoms with E-state index in [9.17, 15) is 18.0 Å². The Morgan fingerprint density at radius 2 is 2.10 bits per heavy atom. The number of nitrogens with zero attached hydrogens (tertiary/aromatic N) is 1. The van der Waals surface area contributed by atoms with Crippen LogP contribution in [0.2, 0.25) is 5.02 Å². The number of benzene rings is 1. The summed E-state index contributed by atoms with van der Waals surface area (Å²) in [6, 6.07) is 4.03. The number of hydrogen-bond donors (Lipinski definition) is 1. The van der Waals surface area contributed by atoms with Crippen molar-refractivity contribution in [3.8, 4) is 0 Å². The van der Waals surface area contributed by atoms with Gasteiger partial charge in [-0.1, -0.05) is 31.4 Å². The number of alkyl halides is 3. The fourth-order valence-electron chi connectivity index (χ4n) is 2.37. The summed E-state index contributed by atoms with van der Waals surface area (Å²) in [6.45, 7) is 1.80.